The van der Waals surface area contributed by atoms with E-state index in [2.05, 4.69) is 15.6 Å². The molecule has 2 amide bonds. The lowest BCUT2D eigenvalue weighted by Gasteiger charge is -2.11. The molecule has 2 N–H and O–H groups in total. The molecule has 0 aliphatic heterocycles. The molecule has 5 nitrogen and oxygen atoms in total. The molecule has 1 aromatic heterocycles. The Hall–Kier alpha value is -1.73. The number of aryl methyl sites for hydroxylation is 1. The second-order valence-corrected chi connectivity index (χ2v) is 7.59. The van der Waals surface area contributed by atoms with Crippen LogP contribution in [0.5, 0.6) is 0 Å². The van der Waals surface area contributed by atoms with Crippen LogP contribution in [0.15, 0.2) is 30.5 Å². The number of hydrogen-bond acceptors (Lipinski definition) is 4. The van der Waals surface area contributed by atoms with Crippen LogP contribution >= 0.6 is 11.3 Å². The molecule has 1 aromatic carbocycles. The highest BCUT2D eigenvalue weighted by molar-refractivity contribution is 7.84. The Labute approximate surface area is 136 Å². The Bertz CT molecular complexity index is 685. The average molecular weight is 337 g/mol. The van der Waals surface area contributed by atoms with E-state index in [-0.39, 0.29) is 12.1 Å². The Balaban J connectivity index is 1.99. The van der Waals surface area contributed by atoms with E-state index in [0.717, 1.165) is 10.4 Å². The Morgan fingerprint density at radius 3 is 2.82 bits per heavy atom. The van der Waals surface area contributed by atoms with E-state index >= 15 is 0 Å². The van der Waals surface area contributed by atoms with Crippen LogP contribution in [-0.2, 0) is 10.8 Å². The van der Waals surface area contributed by atoms with Gasteiger partial charge in [0.15, 0.2) is 5.13 Å². The quantitative estimate of drug-likeness (QED) is 0.881. The van der Waals surface area contributed by atoms with Crippen LogP contribution in [0.1, 0.15) is 12.5 Å². The number of carbonyl (C=O) groups excluding carboxylic acids is 1. The number of urea groups is 1. The summed E-state index contributed by atoms with van der Waals surface area (Å²) >= 11 is 1.43. The highest BCUT2D eigenvalue weighted by Crippen LogP contribution is 2.30. The molecule has 118 valence electrons. The maximum absolute atomic E-state index is 11.9. The van der Waals surface area contributed by atoms with Crippen molar-refractivity contribution in [2.24, 2.45) is 0 Å². The summed E-state index contributed by atoms with van der Waals surface area (Å²) in [6.45, 7) is 3.86. The Morgan fingerprint density at radius 2 is 2.14 bits per heavy atom. The third kappa shape index (κ3) is 4.64. The molecule has 0 bridgehead atoms. The number of rotatable bonds is 5. The highest BCUT2D eigenvalue weighted by atomic mass is 32.2. The molecule has 0 unspecified atom stereocenters. The summed E-state index contributed by atoms with van der Waals surface area (Å²) in [5, 5.41) is 6.00. The maximum Gasteiger partial charge on any atom is 0.321 e. The van der Waals surface area contributed by atoms with Crippen molar-refractivity contribution in [3.05, 3.63) is 36.0 Å². The predicted octanol–water partition coefficient (Wildman–Crippen LogP) is 3.01. The Morgan fingerprint density at radius 1 is 1.41 bits per heavy atom. The normalized spacial score (nSPS) is 13.4. The summed E-state index contributed by atoms with van der Waals surface area (Å²) in [4.78, 5) is 17.1. The molecule has 0 aliphatic rings. The molecule has 2 aromatic rings. The van der Waals surface area contributed by atoms with Crippen LogP contribution in [0.4, 0.5) is 9.93 Å². The van der Waals surface area contributed by atoms with Crippen molar-refractivity contribution in [3.8, 4) is 10.4 Å². The molecule has 0 aliphatic carbocycles. The van der Waals surface area contributed by atoms with Crippen molar-refractivity contribution in [2.75, 3.05) is 17.3 Å². The van der Waals surface area contributed by atoms with Gasteiger partial charge in [0.05, 0.1) is 4.88 Å². The van der Waals surface area contributed by atoms with Gasteiger partial charge in [-0.2, -0.15) is 0 Å². The van der Waals surface area contributed by atoms with E-state index in [1.54, 1.807) is 12.5 Å². The van der Waals surface area contributed by atoms with Gasteiger partial charge < -0.3 is 5.32 Å². The first kappa shape index (κ1) is 16.6. The lowest BCUT2D eigenvalue weighted by atomic mass is 10.1. The number of benzene rings is 1. The molecule has 2 rings (SSSR count). The second kappa shape index (κ2) is 7.51. The topological polar surface area (TPSA) is 71.1 Å². The van der Waals surface area contributed by atoms with Crippen LogP contribution < -0.4 is 10.6 Å². The molecule has 0 saturated heterocycles. The molecule has 0 spiro atoms. The summed E-state index contributed by atoms with van der Waals surface area (Å²) in [7, 11) is -0.938. The maximum atomic E-state index is 11.9. The van der Waals surface area contributed by atoms with Crippen molar-refractivity contribution in [1.29, 1.82) is 0 Å². The molecule has 7 heteroatoms. The van der Waals surface area contributed by atoms with Crippen molar-refractivity contribution in [1.82, 2.24) is 10.3 Å². The van der Waals surface area contributed by atoms with Crippen LogP contribution in [0, 0.1) is 6.92 Å². The van der Waals surface area contributed by atoms with Gasteiger partial charge in [-0.1, -0.05) is 35.6 Å². The van der Waals surface area contributed by atoms with Crippen LogP contribution in [0.25, 0.3) is 10.4 Å². The number of aromatic nitrogens is 1. The van der Waals surface area contributed by atoms with E-state index in [4.69, 9.17) is 0 Å². The molecule has 1 heterocycles. The third-order valence-electron chi connectivity index (χ3n) is 3.00. The molecule has 22 heavy (non-hydrogen) atoms. The Kier molecular flexibility index (Phi) is 5.68. The van der Waals surface area contributed by atoms with E-state index in [0.29, 0.717) is 10.9 Å². The van der Waals surface area contributed by atoms with Gasteiger partial charge >= 0.3 is 6.03 Å². The van der Waals surface area contributed by atoms with Crippen molar-refractivity contribution < 1.29 is 9.00 Å². The zero-order chi connectivity index (χ0) is 16.1. The van der Waals surface area contributed by atoms with Gasteiger partial charge in [-0.25, -0.2) is 9.78 Å². The minimum Gasteiger partial charge on any atom is -0.334 e. The molecule has 0 saturated carbocycles. The number of carbonyl (C=O) groups is 1. The fraction of sp³-hybridized carbons (Fsp3) is 0.333. The van der Waals surface area contributed by atoms with Gasteiger partial charge in [0.1, 0.15) is 0 Å². The van der Waals surface area contributed by atoms with Crippen molar-refractivity contribution in [2.45, 2.75) is 19.9 Å². The molecular formula is C15H19N3O2S2. The third-order valence-corrected chi connectivity index (χ3v) is 4.91. The van der Waals surface area contributed by atoms with Crippen LogP contribution in [0.2, 0.25) is 0 Å². The van der Waals surface area contributed by atoms with E-state index < -0.39 is 10.8 Å². The molecule has 0 fully saturated rings. The van der Waals surface area contributed by atoms with Crippen LogP contribution in [-0.4, -0.2) is 33.3 Å². The van der Waals surface area contributed by atoms with Gasteiger partial charge in [-0.3, -0.25) is 9.53 Å². The van der Waals surface area contributed by atoms with E-state index in [9.17, 15) is 9.00 Å². The monoisotopic (exact) mass is 337 g/mol. The fourth-order valence-electron chi connectivity index (χ4n) is 2.06. The number of thiazole rings is 1. The zero-order valence-corrected chi connectivity index (χ0v) is 14.4. The number of amides is 2. The minimum atomic E-state index is -0.938. The number of hydrogen-bond donors (Lipinski definition) is 2. The van der Waals surface area contributed by atoms with E-state index in [1.165, 1.54) is 16.9 Å². The zero-order valence-electron chi connectivity index (χ0n) is 12.8. The van der Waals surface area contributed by atoms with Gasteiger partial charge in [-0.05, 0) is 25.0 Å². The summed E-state index contributed by atoms with van der Waals surface area (Å²) in [5.41, 5.74) is 2.28. The van der Waals surface area contributed by atoms with Crippen molar-refractivity contribution >= 4 is 33.3 Å². The summed E-state index contributed by atoms with van der Waals surface area (Å²) in [6.07, 6.45) is 3.37. The molecule has 0 radical (unpaired) electrons. The first-order valence-electron chi connectivity index (χ1n) is 6.85. The van der Waals surface area contributed by atoms with Crippen molar-refractivity contribution in [3.63, 3.8) is 0 Å². The lowest BCUT2D eigenvalue weighted by Crippen LogP contribution is -2.39. The van der Waals surface area contributed by atoms with Gasteiger partial charge in [0, 0.05) is 35.0 Å². The second-order valence-electron chi connectivity index (χ2n) is 5.08. The number of nitrogens with one attached hydrogen (secondary N) is 2. The first-order chi connectivity index (χ1) is 10.5. The predicted molar refractivity (Wildman–Crippen MR) is 92.8 cm³/mol. The smallest absolute Gasteiger partial charge is 0.321 e. The summed E-state index contributed by atoms with van der Waals surface area (Å²) < 4.78 is 11.1. The SMILES string of the molecule is Cc1ccccc1-c1cnc(NC(=O)N[C@H](C)C[S@](C)=O)s1. The first-order valence-corrected chi connectivity index (χ1v) is 9.39. The highest BCUT2D eigenvalue weighted by Gasteiger charge is 2.12. The van der Waals surface area contributed by atoms with E-state index in [1.807, 2.05) is 38.1 Å². The lowest BCUT2D eigenvalue weighted by molar-refractivity contribution is 0.250. The average Bonchev–Trinajstić information content (AvgIpc) is 2.86. The van der Waals surface area contributed by atoms with Gasteiger partial charge in [-0.15, -0.1) is 0 Å². The number of nitrogens with zero attached hydrogens (tertiary/aromatic N) is 1. The summed E-state index contributed by atoms with van der Waals surface area (Å²) in [6, 6.07) is 7.57. The largest absolute Gasteiger partial charge is 0.334 e. The molecular weight excluding hydrogens is 318 g/mol. The minimum absolute atomic E-state index is 0.151. The van der Waals surface area contributed by atoms with Gasteiger partial charge in [0.25, 0.3) is 0 Å². The molecule has 2 atom stereocenters. The summed E-state index contributed by atoms with van der Waals surface area (Å²) in [5.74, 6) is 0.430. The van der Waals surface area contributed by atoms with Gasteiger partial charge in [0.2, 0.25) is 0 Å². The fourth-order valence-corrected chi connectivity index (χ4v) is 3.75. The number of anilines is 1. The van der Waals surface area contributed by atoms with Crippen LogP contribution in [0.3, 0.4) is 0 Å². The standard InChI is InChI=1S/C15H19N3O2S2/c1-10-6-4-5-7-12(10)13-8-16-15(21-13)18-14(19)17-11(2)9-22(3)20/h4-8,11H,9H2,1-3H3,(H2,16,17,18,19)/t11-,22+/m1/s1.